The Bertz CT molecular complexity index is 3680. The number of phenols is 4. The van der Waals surface area contributed by atoms with Crippen molar-refractivity contribution in [1.29, 1.82) is 0 Å². The van der Waals surface area contributed by atoms with Gasteiger partial charge in [-0.05, 0) is 108 Å². The summed E-state index contributed by atoms with van der Waals surface area (Å²) < 4.78 is 145. The molecule has 7 aromatic carbocycles. The third kappa shape index (κ3) is 12.8. The van der Waals surface area contributed by atoms with Crippen molar-refractivity contribution in [3.8, 4) is 23.0 Å². The van der Waals surface area contributed by atoms with Crippen LogP contribution in [0.25, 0.3) is 21.5 Å². The summed E-state index contributed by atoms with van der Waals surface area (Å²) in [6.45, 7) is 0. The number of para-hydroxylation sites is 1. The molecule has 0 aliphatic carbocycles. The molecule has 0 spiro atoms. The van der Waals surface area contributed by atoms with Crippen LogP contribution in [0.4, 0.5) is 57.7 Å². The molecule has 0 fully saturated rings. The molecule has 9 N–H and O–H groups in total. The number of fused-ring (bicyclic) bond motifs is 2. The third-order valence-electron chi connectivity index (χ3n) is 9.90. The van der Waals surface area contributed by atoms with Crippen molar-refractivity contribution in [2.24, 2.45) is 0 Å². The van der Waals surface area contributed by atoms with Gasteiger partial charge in [-0.25, -0.2) is 33.7 Å². The van der Waals surface area contributed by atoms with Gasteiger partial charge in [-0.15, -0.1) is 0 Å². The predicted molar refractivity (Wildman–Crippen MR) is 242 cm³/mol. The molecule has 8 aromatic rings. The molecule has 24 nitrogen and oxygen atoms in total. The fourth-order valence-electron chi connectivity index (χ4n) is 6.78. The van der Waals surface area contributed by atoms with Gasteiger partial charge in [0.1, 0.15) is 63.5 Å². The SMILES string of the molecule is O=S(=O)([O-])c1ccc(O)c(Nc2c(S(=O)(=O)[O-])cc3cc(Nc4nc(Nc5ccccc5)nc(Nc5ccc6c(O)c(Nc7cc(S(=O)(=O)[O-])ccc7O)c(S(=O)(=O)[O-])cc6c5)n4)ccc3c2O)c1.[Cu+2].[Na+].[Na+]. The van der Waals surface area contributed by atoms with E-state index in [1.165, 1.54) is 36.4 Å². The van der Waals surface area contributed by atoms with Crippen molar-refractivity contribution >= 4 is 120 Å². The number of hydrogen-bond donors (Lipinski definition) is 9. The van der Waals surface area contributed by atoms with Crippen LogP contribution in [0.15, 0.2) is 135 Å². The number of nitrogens with zero attached hydrogens (tertiary/aromatic N) is 3. The molecule has 0 aliphatic rings. The van der Waals surface area contributed by atoms with Crippen LogP contribution >= 0.6 is 0 Å². The number of phenolic OH excluding ortho intramolecular Hbond substituents is 4. The van der Waals surface area contributed by atoms with E-state index in [4.69, 9.17) is 0 Å². The first-order valence-corrected chi connectivity index (χ1v) is 24.7. The van der Waals surface area contributed by atoms with E-state index in [0.29, 0.717) is 17.8 Å². The van der Waals surface area contributed by atoms with E-state index in [2.05, 4.69) is 41.5 Å². The monoisotopic (exact) mass is 1120 g/mol. The molecule has 1 aromatic heterocycles. The van der Waals surface area contributed by atoms with Crippen LogP contribution < -0.4 is 85.7 Å². The van der Waals surface area contributed by atoms with Crippen LogP contribution in [0, 0.1) is 0 Å². The second kappa shape index (κ2) is 21.9. The van der Waals surface area contributed by atoms with Crippen LogP contribution in [0.2, 0.25) is 0 Å². The smallest absolute Gasteiger partial charge is 0.744 e. The van der Waals surface area contributed by atoms with Crippen LogP contribution in [-0.2, 0) is 57.5 Å². The van der Waals surface area contributed by atoms with Crippen LogP contribution in [-0.4, -0.2) is 87.3 Å². The Balaban J connectivity index is 0.00000321. The summed E-state index contributed by atoms with van der Waals surface area (Å²) in [4.78, 5) is 9.49. The molecule has 0 saturated carbocycles. The molecule has 8 rings (SSSR count). The van der Waals surface area contributed by atoms with E-state index in [9.17, 15) is 72.3 Å². The number of hydrogen-bond acceptors (Lipinski definition) is 24. The van der Waals surface area contributed by atoms with E-state index in [-0.39, 0.29) is 127 Å². The van der Waals surface area contributed by atoms with Crippen molar-refractivity contribution in [3.05, 3.63) is 115 Å². The standard InChI is InChI=1S/C41H32N8O16S4.Cu.2Na/c50-31-12-8-25(66(54,55)56)18-29(31)45-35-33(68(60,61)62)16-20-14-23(6-10-27(20)37(35)52)43-40-47-39(42-22-4-2-1-3-5-22)48-41(49-40)44-24-7-11-28-21(15-24)17-34(69(63,64)65)36(38(28)53)46-30-19-26(67(57,58)59)9-13-32(30)51;;;/h1-19,45-46,50-53H,(H,54,55,56)(H,57,58,59)(H,60,61,62)(H,63,64,65)(H3,42,43,44,47,48,49);;;/q;+2;2*+1/p-4. The zero-order chi connectivity index (χ0) is 49.8. The largest absolute Gasteiger partial charge is 2.00 e. The second-order valence-corrected chi connectivity index (χ2v) is 20.0. The van der Waals surface area contributed by atoms with Crippen LogP contribution in [0.3, 0.4) is 0 Å². The molecule has 0 unspecified atom stereocenters. The minimum absolute atomic E-state index is 0. The fourth-order valence-corrected chi connectivity index (χ4v) is 9.11. The number of nitrogens with one attached hydrogen (secondary N) is 5. The first-order chi connectivity index (χ1) is 32.3. The van der Waals surface area contributed by atoms with Crippen molar-refractivity contribution in [3.63, 3.8) is 0 Å². The maximum absolute atomic E-state index is 12.5. The van der Waals surface area contributed by atoms with E-state index in [0.717, 1.165) is 36.4 Å². The summed E-state index contributed by atoms with van der Waals surface area (Å²) in [5.41, 5.74) is -1.72. The van der Waals surface area contributed by atoms with Gasteiger partial charge >= 0.3 is 76.2 Å². The van der Waals surface area contributed by atoms with Crippen LogP contribution in [0.1, 0.15) is 0 Å². The van der Waals surface area contributed by atoms with Crippen LogP contribution in [0.5, 0.6) is 23.0 Å². The molecular formula is C41H28CuN8Na2O16S4. The van der Waals surface area contributed by atoms with E-state index < -0.39 is 106 Å². The summed E-state index contributed by atoms with van der Waals surface area (Å²) in [6, 6.07) is 23.0. The number of benzene rings is 7. The molecule has 0 bridgehead atoms. The van der Waals surface area contributed by atoms with E-state index in [1.807, 2.05) is 0 Å². The Kier molecular flexibility index (Phi) is 17.4. The Hall–Kier alpha value is -5.57. The molecular weight excluding hydrogens is 1100 g/mol. The summed E-state index contributed by atoms with van der Waals surface area (Å²) >= 11 is 0. The van der Waals surface area contributed by atoms with E-state index >= 15 is 0 Å². The molecule has 0 amide bonds. The summed E-state index contributed by atoms with van der Waals surface area (Å²) in [7, 11) is -20.9. The maximum atomic E-state index is 12.5. The van der Waals surface area contributed by atoms with Crippen molar-refractivity contribution in [2.45, 2.75) is 19.6 Å². The zero-order valence-corrected chi connectivity index (χ0v) is 44.6. The van der Waals surface area contributed by atoms with Gasteiger partial charge in [0.25, 0.3) is 0 Å². The number of aromatic nitrogens is 3. The molecule has 72 heavy (non-hydrogen) atoms. The van der Waals surface area contributed by atoms with Gasteiger partial charge in [0.15, 0.2) is 0 Å². The maximum Gasteiger partial charge on any atom is 2.00 e. The number of anilines is 10. The minimum atomic E-state index is -5.41. The summed E-state index contributed by atoms with van der Waals surface area (Å²) in [5, 5.41) is 56.5. The average Bonchev–Trinajstić information content (AvgIpc) is 3.25. The normalized spacial score (nSPS) is 11.7. The Morgan fingerprint density at radius 3 is 1.11 bits per heavy atom. The summed E-state index contributed by atoms with van der Waals surface area (Å²) in [6.07, 6.45) is 0. The first-order valence-electron chi connectivity index (χ1n) is 19.1. The Morgan fingerprint density at radius 2 is 0.764 bits per heavy atom. The molecule has 0 aliphatic heterocycles. The molecule has 31 heteroatoms. The Morgan fingerprint density at radius 1 is 0.403 bits per heavy atom. The Labute approximate surface area is 463 Å². The predicted octanol–water partition coefficient (Wildman–Crippen LogP) is -0.660. The third-order valence-corrected chi connectivity index (χ3v) is 13.3. The molecule has 1 radical (unpaired) electrons. The second-order valence-electron chi connectivity index (χ2n) is 14.5. The number of aromatic hydroxyl groups is 4. The summed E-state index contributed by atoms with van der Waals surface area (Å²) in [5.74, 6) is -3.36. The minimum Gasteiger partial charge on any atom is -0.744 e. The molecule has 1 heterocycles. The average molecular weight is 1130 g/mol. The van der Waals surface area contributed by atoms with Crippen molar-refractivity contribution in [2.75, 3.05) is 26.6 Å². The van der Waals surface area contributed by atoms with Gasteiger partial charge in [-0.2, -0.15) is 15.0 Å². The molecule has 0 atom stereocenters. The number of rotatable bonds is 14. The zero-order valence-electron chi connectivity index (χ0n) is 36.4. The van der Waals surface area contributed by atoms with Gasteiger partial charge in [-0.3, -0.25) is 0 Å². The van der Waals surface area contributed by atoms with Gasteiger partial charge in [0.05, 0.1) is 42.3 Å². The van der Waals surface area contributed by atoms with Gasteiger partial charge in [-0.1, -0.05) is 18.2 Å². The van der Waals surface area contributed by atoms with Gasteiger partial charge in [0, 0.05) is 27.8 Å². The van der Waals surface area contributed by atoms with E-state index in [1.54, 1.807) is 30.3 Å². The fraction of sp³-hybridized carbons (Fsp3) is 0. The van der Waals surface area contributed by atoms with Crippen molar-refractivity contribution < 1.29 is 148 Å². The molecule has 365 valence electrons. The van der Waals surface area contributed by atoms with Gasteiger partial charge in [0.2, 0.25) is 17.8 Å². The van der Waals surface area contributed by atoms with Gasteiger partial charge < -0.3 is 65.2 Å². The van der Waals surface area contributed by atoms with Crippen molar-refractivity contribution in [1.82, 2.24) is 15.0 Å². The molecule has 0 saturated heterocycles. The topological polar surface area (TPSA) is 409 Å². The quantitative estimate of drug-likeness (QED) is 0.0371. The first kappa shape index (κ1) is 57.3.